The predicted molar refractivity (Wildman–Crippen MR) is 60.8 cm³/mol. The largest absolute Gasteiger partial charge is 0.481 e. The summed E-state index contributed by atoms with van der Waals surface area (Å²) >= 11 is 1.17. The average Bonchev–Trinajstić information content (AvgIpc) is 2.26. The van der Waals surface area contributed by atoms with Gasteiger partial charge < -0.3 is 5.11 Å². The molecular weight excluding hydrogens is 212 g/mol. The molecule has 0 amide bonds. The van der Waals surface area contributed by atoms with Crippen molar-refractivity contribution in [3.8, 4) is 0 Å². The molecule has 1 N–H and O–H groups in total. The van der Waals surface area contributed by atoms with Crippen molar-refractivity contribution in [3.05, 3.63) is 0 Å². The monoisotopic (exact) mass is 230 g/mol. The van der Waals surface area contributed by atoms with Gasteiger partial charge in [-0.3, -0.25) is 9.59 Å². The molecule has 1 saturated carbocycles. The van der Waals surface area contributed by atoms with Crippen LogP contribution in [0, 0.1) is 11.8 Å². The number of carbonyl (C=O) groups excluding carboxylic acids is 1. The summed E-state index contributed by atoms with van der Waals surface area (Å²) in [6.45, 7) is 0. The normalized spacial score (nSPS) is 19.8. The van der Waals surface area contributed by atoms with Crippen LogP contribution in [-0.4, -0.2) is 22.4 Å². The Hall–Kier alpha value is -0.510. The Morgan fingerprint density at radius 1 is 1.33 bits per heavy atom. The van der Waals surface area contributed by atoms with Crippen LogP contribution in [0.25, 0.3) is 0 Å². The molecule has 1 fully saturated rings. The van der Waals surface area contributed by atoms with E-state index in [1.165, 1.54) is 18.2 Å². The van der Waals surface area contributed by atoms with Crippen LogP contribution in [0.3, 0.4) is 0 Å². The summed E-state index contributed by atoms with van der Waals surface area (Å²) in [7, 11) is 0. The summed E-state index contributed by atoms with van der Waals surface area (Å²) in [6.07, 6.45) is 7.29. The quantitative estimate of drug-likeness (QED) is 0.806. The first-order valence-corrected chi connectivity index (χ1v) is 6.67. The number of rotatable bonds is 4. The Balaban J connectivity index is 2.60. The Kier molecular flexibility index (Phi) is 5.15. The third kappa shape index (κ3) is 3.86. The molecular formula is C11H18O3S. The Morgan fingerprint density at radius 3 is 2.40 bits per heavy atom. The second-order valence-corrected chi connectivity index (χ2v) is 4.94. The molecule has 0 aromatic rings. The van der Waals surface area contributed by atoms with E-state index < -0.39 is 5.97 Å². The number of carboxylic acid groups (broad SMARTS) is 1. The average molecular weight is 230 g/mol. The number of hydrogen-bond donors (Lipinski definition) is 1. The van der Waals surface area contributed by atoms with Crippen LogP contribution < -0.4 is 0 Å². The van der Waals surface area contributed by atoms with Crippen molar-refractivity contribution < 1.29 is 14.7 Å². The van der Waals surface area contributed by atoms with Crippen molar-refractivity contribution in [2.75, 3.05) is 6.26 Å². The summed E-state index contributed by atoms with van der Waals surface area (Å²) in [5.74, 6) is -0.819. The molecule has 3 nitrogen and oxygen atoms in total. The Bertz CT molecular complexity index is 234. The van der Waals surface area contributed by atoms with Gasteiger partial charge >= 0.3 is 5.97 Å². The van der Waals surface area contributed by atoms with Crippen LogP contribution in [0.5, 0.6) is 0 Å². The van der Waals surface area contributed by atoms with Gasteiger partial charge in [-0.15, -0.1) is 0 Å². The second-order valence-electron chi connectivity index (χ2n) is 4.13. The minimum atomic E-state index is -0.854. The van der Waals surface area contributed by atoms with Crippen LogP contribution in [0.1, 0.15) is 38.5 Å². The highest BCUT2D eigenvalue weighted by Gasteiger charge is 2.30. The van der Waals surface area contributed by atoms with Crippen molar-refractivity contribution >= 4 is 22.8 Å². The molecule has 0 aliphatic heterocycles. The van der Waals surface area contributed by atoms with Gasteiger partial charge in [0.15, 0.2) is 5.12 Å². The number of thioether (sulfide) groups is 1. The maximum absolute atomic E-state index is 11.6. The molecule has 1 aliphatic rings. The maximum Gasteiger partial charge on any atom is 0.304 e. The predicted octanol–water partition coefficient (Wildman–Crippen LogP) is 2.55. The fraction of sp³-hybridized carbons (Fsp3) is 0.818. The van der Waals surface area contributed by atoms with Crippen LogP contribution in [0.4, 0.5) is 0 Å². The molecule has 1 atom stereocenters. The van der Waals surface area contributed by atoms with E-state index in [-0.39, 0.29) is 17.5 Å². The minimum absolute atomic E-state index is 0.00431. The molecule has 0 heterocycles. The molecule has 1 rings (SSSR count). The number of aliphatic carboxylic acids is 1. The smallest absolute Gasteiger partial charge is 0.304 e. The van der Waals surface area contributed by atoms with Gasteiger partial charge in [-0.25, -0.2) is 0 Å². The van der Waals surface area contributed by atoms with Crippen molar-refractivity contribution in [3.63, 3.8) is 0 Å². The van der Waals surface area contributed by atoms with Crippen LogP contribution in [0.15, 0.2) is 0 Å². The fourth-order valence-electron chi connectivity index (χ4n) is 2.32. The van der Waals surface area contributed by atoms with Crippen LogP contribution in [-0.2, 0) is 9.59 Å². The highest BCUT2D eigenvalue weighted by molar-refractivity contribution is 8.13. The molecule has 1 aliphatic carbocycles. The third-order valence-corrected chi connectivity index (χ3v) is 3.82. The first-order chi connectivity index (χ1) is 7.15. The standard InChI is InChI=1S/C11H18O3S/c1-15-11(14)9(7-10(12)13)8-5-3-2-4-6-8/h8-9H,2-7H2,1H3,(H,12,13). The lowest BCUT2D eigenvalue weighted by Crippen LogP contribution is -2.26. The lowest BCUT2D eigenvalue weighted by molar-refractivity contribution is -0.140. The first-order valence-electron chi connectivity index (χ1n) is 5.44. The van der Waals surface area contributed by atoms with E-state index in [2.05, 4.69) is 0 Å². The minimum Gasteiger partial charge on any atom is -0.481 e. The van der Waals surface area contributed by atoms with Crippen molar-refractivity contribution in [2.45, 2.75) is 38.5 Å². The third-order valence-electron chi connectivity index (χ3n) is 3.12. The fourth-order valence-corrected chi connectivity index (χ4v) is 2.90. The van der Waals surface area contributed by atoms with Crippen LogP contribution in [0.2, 0.25) is 0 Å². The Morgan fingerprint density at radius 2 is 1.93 bits per heavy atom. The van der Waals surface area contributed by atoms with E-state index in [1.54, 1.807) is 6.26 Å². The molecule has 86 valence electrons. The lowest BCUT2D eigenvalue weighted by Gasteiger charge is -2.27. The Labute approximate surface area is 94.6 Å². The zero-order chi connectivity index (χ0) is 11.3. The van der Waals surface area contributed by atoms with Crippen molar-refractivity contribution in [2.24, 2.45) is 11.8 Å². The highest BCUT2D eigenvalue weighted by atomic mass is 32.2. The van der Waals surface area contributed by atoms with Gasteiger partial charge in [0.1, 0.15) is 0 Å². The van der Waals surface area contributed by atoms with Gasteiger partial charge in [-0.2, -0.15) is 0 Å². The van der Waals surface area contributed by atoms with Crippen molar-refractivity contribution in [1.82, 2.24) is 0 Å². The molecule has 1 unspecified atom stereocenters. The first kappa shape index (κ1) is 12.6. The van der Waals surface area contributed by atoms with E-state index in [4.69, 9.17) is 5.11 Å². The zero-order valence-electron chi connectivity index (χ0n) is 9.07. The van der Waals surface area contributed by atoms with E-state index in [0.717, 1.165) is 25.7 Å². The van der Waals surface area contributed by atoms with Gasteiger partial charge in [-0.1, -0.05) is 31.0 Å². The molecule has 0 radical (unpaired) electrons. The van der Waals surface area contributed by atoms with Gasteiger partial charge in [0.2, 0.25) is 0 Å². The lowest BCUT2D eigenvalue weighted by atomic mass is 9.79. The maximum atomic E-state index is 11.6. The molecule has 4 heteroatoms. The van der Waals surface area contributed by atoms with Gasteiger partial charge in [-0.05, 0) is 25.0 Å². The zero-order valence-corrected chi connectivity index (χ0v) is 9.89. The number of carboxylic acids is 1. The molecule has 0 aromatic heterocycles. The van der Waals surface area contributed by atoms with Crippen LogP contribution >= 0.6 is 11.8 Å². The molecule has 0 saturated heterocycles. The topological polar surface area (TPSA) is 54.4 Å². The second kappa shape index (κ2) is 6.16. The summed E-state index contributed by atoms with van der Waals surface area (Å²) in [4.78, 5) is 22.4. The van der Waals surface area contributed by atoms with E-state index in [0.29, 0.717) is 5.92 Å². The summed E-state index contributed by atoms with van der Waals surface area (Å²) in [6, 6.07) is 0. The highest BCUT2D eigenvalue weighted by Crippen LogP contribution is 2.34. The van der Waals surface area contributed by atoms with E-state index in [9.17, 15) is 9.59 Å². The summed E-state index contributed by atoms with van der Waals surface area (Å²) < 4.78 is 0. The SMILES string of the molecule is CSC(=O)C(CC(=O)O)C1CCCCC1. The molecule has 15 heavy (non-hydrogen) atoms. The van der Waals surface area contributed by atoms with Crippen molar-refractivity contribution in [1.29, 1.82) is 0 Å². The molecule has 0 spiro atoms. The summed E-state index contributed by atoms with van der Waals surface area (Å²) in [5.41, 5.74) is 0. The number of carbonyl (C=O) groups is 2. The number of hydrogen-bond acceptors (Lipinski definition) is 3. The molecule has 0 aromatic carbocycles. The van der Waals surface area contributed by atoms with Gasteiger partial charge in [0.05, 0.1) is 6.42 Å². The van der Waals surface area contributed by atoms with E-state index in [1.807, 2.05) is 0 Å². The van der Waals surface area contributed by atoms with Gasteiger partial charge in [0.25, 0.3) is 0 Å². The molecule has 0 bridgehead atoms. The van der Waals surface area contributed by atoms with E-state index >= 15 is 0 Å². The summed E-state index contributed by atoms with van der Waals surface area (Å²) in [5, 5.41) is 8.84. The van der Waals surface area contributed by atoms with Gasteiger partial charge in [0, 0.05) is 5.92 Å².